The number of aromatic nitrogens is 4. The van der Waals surface area contributed by atoms with Crippen LogP contribution < -0.4 is 0 Å². The van der Waals surface area contributed by atoms with E-state index in [1.165, 1.54) is 54.8 Å². The normalized spacial score (nSPS) is 16.8. The van der Waals surface area contributed by atoms with Crippen LogP contribution in [0.2, 0.25) is 0 Å². The summed E-state index contributed by atoms with van der Waals surface area (Å²) in [5, 5.41) is 0. The SMILES string of the molecule is Cn1c(CC2(Cc3nc4ccccc4n3C)CCCCC2)nc2ccccc21. The van der Waals surface area contributed by atoms with Gasteiger partial charge in [-0.25, -0.2) is 9.97 Å². The lowest BCUT2D eigenvalue weighted by atomic mass is 9.69. The van der Waals surface area contributed by atoms with Gasteiger partial charge >= 0.3 is 0 Å². The molecule has 0 aliphatic heterocycles. The third-order valence-electron chi connectivity index (χ3n) is 6.74. The molecule has 4 heteroatoms. The van der Waals surface area contributed by atoms with Crippen molar-refractivity contribution in [2.24, 2.45) is 19.5 Å². The van der Waals surface area contributed by atoms with E-state index in [1.54, 1.807) is 0 Å². The van der Waals surface area contributed by atoms with Crippen LogP contribution in [0.25, 0.3) is 22.1 Å². The van der Waals surface area contributed by atoms with E-state index in [1.807, 2.05) is 0 Å². The van der Waals surface area contributed by atoms with E-state index >= 15 is 0 Å². The summed E-state index contributed by atoms with van der Waals surface area (Å²) in [4.78, 5) is 9.99. The molecule has 0 radical (unpaired) electrons. The maximum atomic E-state index is 4.99. The van der Waals surface area contributed by atoms with Gasteiger partial charge in [-0.15, -0.1) is 0 Å². The van der Waals surface area contributed by atoms with Gasteiger partial charge in [0.05, 0.1) is 22.1 Å². The number of aryl methyl sites for hydroxylation is 2. The van der Waals surface area contributed by atoms with E-state index in [9.17, 15) is 0 Å². The van der Waals surface area contributed by atoms with E-state index in [2.05, 4.69) is 71.8 Å². The standard InChI is InChI=1S/C24H28N4/c1-27-20-12-6-4-10-18(20)25-22(27)16-24(14-8-3-9-15-24)17-23-26-19-11-5-7-13-21(19)28(23)2/h4-7,10-13H,3,8-9,14-17H2,1-2H3. The summed E-state index contributed by atoms with van der Waals surface area (Å²) >= 11 is 0. The molecular weight excluding hydrogens is 344 g/mol. The Bertz CT molecular complexity index is 1040. The smallest absolute Gasteiger partial charge is 0.110 e. The molecule has 2 aromatic heterocycles. The van der Waals surface area contributed by atoms with Crippen molar-refractivity contribution in [3.63, 3.8) is 0 Å². The van der Waals surface area contributed by atoms with Crippen LogP contribution >= 0.6 is 0 Å². The van der Waals surface area contributed by atoms with Gasteiger partial charge in [-0.2, -0.15) is 0 Å². The van der Waals surface area contributed by atoms with Crippen molar-refractivity contribution in [3.8, 4) is 0 Å². The molecule has 5 rings (SSSR count). The zero-order valence-electron chi connectivity index (χ0n) is 16.9. The number of fused-ring (bicyclic) bond motifs is 2. The number of benzene rings is 2. The molecule has 2 heterocycles. The third kappa shape index (κ3) is 2.92. The number of hydrogen-bond acceptors (Lipinski definition) is 2. The van der Waals surface area contributed by atoms with Gasteiger partial charge in [0.15, 0.2) is 0 Å². The molecule has 4 nitrogen and oxygen atoms in total. The third-order valence-corrected chi connectivity index (χ3v) is 6.74. The van der Waals surface area contributed by atoms with E-state index in [0.29, 0.717) is 0 Å². The second kappa shape index (κ2) is 6.77. The lowest BCUT2D eigenvalue weighted by molar-refractivity contribution is 0.176. The fourth-order valence-electron chi connectivity index (χ4n) is 5.10. The van der Waals surface area contributed by atoms with Crippen molar-refractivity contribution in [3.05, 3.63) is 60.2 Å². The van der Waals surface area contributed by atoms with Gasteiger partial charge in [0.2, 0.25) is 0 Å². The highest BCUT2D eigenvalue weighted by Gasteiger charge is 2.35. The van der Waals surface area contributed by atoms with Crippen molar-refractivity contribution in [2.45, 2.75) is 44.9 Å². The average molecular weight is 373 g/mol. The Morgan fingerprint density at radius 2 is 1.18 bits per heavy atom. The maximum Gasteiger partial charge on any atom is 0.110 e. The minimum atomic E-state index is 0.253. The summed E-state index contributed by atoms with van der Waals surface area (Å²) in [6.45, 7) is 0. The lowest BCUT2D eigenvalue weighted by Crippen LogP contribution is -2.31. The zero-order valence-corrected chi connectivity index (χ0v) is 16.9. The number of imidazole rings is 2. The molecular formula is C24H28N4. The predicted molar refractivity (Wildman–Crippen MR) is 114 cm³/mol. The van der Waals surface area contributed by atoms with Crippen molar-refractivity contribution >= 4 is 22.1 Å². The summed E-state index contributed by atoms with van der Waals surface area (Å²) < 4.78 is 4.58. The van der Waals surface area contributed by atoms with Crippen molar-refractivity contribution in [1.82, 2.24) is 19.1 Å². The van der Waals surface area contributed by atoms with Gasteiger partial charge in [0, 0.05) is 26.9 Å². The minimum Gasteiger partial charge on any atom is -0.331 e. The van der Waals surface area contributed by atoms with Crippen LogP contribution in [0.3, 0.4) is 0 Å². The Morgan fingerprint density at radius 3 is 1.64 bits per heavy atom. The Kier molecular flexibility index (Phi) is 4.22. The first-order valence-corrected chi connectivity index (χ1v) is 10.5. The largest absolute Gasteiger partial charge is 0.331 e. The fraction of sp³-hybridized carbons (Fsp3) is 0.417. The van der Waals surface area contributed by atoms with Crippen LogP contribution in [0, 0.1) is 5.41 Å². The topological polar surface area (TPSA) is 35.6 Å². The van der Waals surface area contributed by atoms with Gasteiger partial charge in [-0.1, -0.05) is 43.5 Å². The number of para-hydroxylation sites is 4. The summed E-state index contributed by atoms with van der Waals surface area (Å²) in [5.74, 6) is 2.42. The molecule has 4 aromatic rings. The highest BCUT2D eigenvalue weighted by atomic mass is 15.1. The molecule has 0 spiro atoms. The molecule has 144 valence electrons. The molecule has 0 unspecified atom stereocenters. The molecule has 1 aliphatic rings. The van der Waals surface area contributed by atoms with Crippen molar-refractivity contribution in [1.29, 1.82) is 0 Å². The van der Waals surface area contributed by atoms with E-state index < -0.39 is 0 Å². The van der Waals surface area contributed by atoms with Gasteiger partial charge < -0.3 is 9.13 Å². The monoisotopic (exact) mass is 372 g/mol. The summed E-state index contributed by atoms with van der Waals surface area (Å²) in [7, 11) is 4.33. The first kappa shape index (κ1) is 17.5. The predicted octanol–water partition coefficient (Wildman–Crippen LogP) is 5.20. The van der Waals surface area contributed by atoms with Crippen LogP contribution in [-0.4, -0.2) is 19.1 Å². The minimum absolute atomic E-state index is 0.253. The molecule has 2 aromatic carbocycles. The van der Waals surface area contributed by atoms with Crippen LogP contribution in [0.1, 0.15) is 43.8 Å². The second-order valence-electron chi connectivity index (χ2n) is 8.57. The van der Waals surface area contributed by atoms with Crippen LogP contribution in [0.5, 0.6) is 0 Å². The Hall–Kier alpha value is -2.62. The molecule has 28 heavy (non-hydrogen) atoms. The quantitative estimate of drug-likeness (QED) is 0.494. The molecule has 1 aliphatic carbocycles. The first-order chi connectivity index (χ1) is 13.7. The molecule has 0 saturated heterocycles. The van der Waals surface area contributed by atoms with Crippen LogP contribution in [-0.2, 0) is 26.9 Å². The fourth-order valence-corrected chi connectivity index (χ4v) is 5.10. The zero-order chi connectivity index (χ0) is 19.1. The second-order valence-corrected chi connectivity index (χ2v) is 8.57. The summed E-state index contributed by atoms with van der Waals surface area (Å²) in [6, 6.07) is 16.9. The van der Waals surface area contributed by atoms with E-state index in [4.69, 9.17) is 9.97 Å². The Balaban J connectivity index is 1.53. The summed E-state index contributed by atoms with van der Waals surface area (Å²) in [5.41, 5.74) is 4.92. The highest BCUT2D eigenvalue weighted by molar-refractivity contribution is 5.76. The molecule has 1 fully saturated rings. The van der Waals surface area contributed by atoms with E-state index in [0.717, 1.165) is 23.9 Å². The summed E-state index contributed by atoms with van der Waals surface area (Å²) in [6.07, 6.45) is 8.57. The molecule has 0 N–H and O–H groups in total. The van der Waals surface area contributed by atoms with Gasteiger partial charge in [-0.05, 0) is 42.5 Å². The Labute approximate surface area is 166 Å². The molecule has 1 saturated carbocycles. The van der Waals surface area contributed by atoms with Gasteiger partial charge in [0.25, 0.3) is 0 Å². The number of rotatable bonds is 4. The highest BCUT2D eigenvalue weighted by Crippen LogP contribution is 2.42. The van der Waals surface area contributed by atoms with Crippen LogP contribution in [0.4, 0.5) is 0 Å². The van der Waals surface area contributed by atoms with E-state index in [-0.39, 0.29) is 5.41 Å². The van der Waals surface area contributed by atoms with Crippen molar-refractivity contribution < 1.29 is 0 Å². The molecule has 0 amide bonds. The van der Waals surface area contributed by atoms with Gasteiger partial charge in [0.1, 0.15) is 11.6 Å². The number of hydrogen-bond donors (Lipinski definition) is 0. The van der Waals surface area contributed by atoms with Gasteiger partial charge in [-0.3, -0.25) is 0 Å². The number of nitrogens with zero attached hydrogens (tertiary/aromatic N) is 4. The Morgan fingerprint density at radius 1 is 0.714 bits per heavy atom. The molecule has 0 atom stereocenters. The maximum absolute atomic E-state index is 4.99. The first-order valence-electron chi connectivity index (χ1n) is 10.5. The molecule has 0 bridgehead atoms. The van der Waals surface area contributed by atoms with Crippen LogP contribution in [0.15, 0.2) is 48.5 Å². The lowest BCUT2D eigenvalue weighted by Gasteiger charge is -2.37. The van der Waals surface area contributed by atoms with Crippen molar-refractivity contribution in [2.75, 3.05) is 0 Å². The average Bonchev–Trinajstić information content (AvgIpc) is 3.20.